The number of aryl methyl sites for hydroxylation is 1. The SMILES string of the molecule is Cn1ccnc1COc1ccccc1. The van der Waals surface area contributed by atoms with Gasteiger partial charge in [0.1, 0.15) is 18.2 Å². The molecule has 0 aliphatic rings. The van der Waals surface area contributed by atoms with Crippen LogP contribution in [0.1, 0.15) is 5.82 Å². The van der Waals surface area contributed by atoms with E-state index < -0.39 is 0 Å². The summed E-state index contributed by atoms with van der Waals surface area (Å²) in [7, 11) is 1.96. The standard InChI is InChI=1S/C11H12N2O/c1-13-8-7-12-11(13)9-14-10-5-3-2-4-6-10/h2-8H,9H2,1H3. The molecule has 2 aromatic rings. The molecule has 0 bridgehead atoms. The van der Waals surface area contributed by atoms with Gasteiger partial charge in [-0.15, -0.1) is 0 Å². The Morgan fingerprint density at radius 2 is 2.07 bits per heavy atom. The number of ether oxygens (including phenoxy) is 1. The number of hydrogen-bond acceptors (Lipinski definition) is 2. The second-order valence-corrected chi connectivity index (χ2v) is 3.06. The molecule has 1 heterocycles. The van der Waals surface area contributed by atoms with Gasteiger partial charge in [-0.1, -0.05) is 18.2 Å². The first-order valence-corrected chi connectivity index (χ1v) is 4.50. The molecular weight excluding hydrogens is 176 g/mol. The largest absolute Gasteiger partial charge is 0.486 e. The molecule has 0 aliphatic heterocycles. The first-order valence-electron chi connectivity index (χ1n) is 4.50. The van der Waals surface area contributed by atoms with E-state index in [9.17, 15) is 0 Å². The van der Waals surface area contributed by atoms with Crippen molar-refractivity contribution in [3.05, 3.63) is 48.5 Å². The minimum Gasteiger partial charge on any atom is -0.486 e. The molecule has 1 aromatic heterocycles. The fraction of sp³-hybridized carbons (Fsp3) is 0.182. The number of nitrogens with zero attached hydrogens (tertiary/aromatic N) is 2. The summed E-state index contributed by atoms with van der Waals surface area (Å²) in [6.07, 6.45) is 3.67. The molecule has 0 fully saturated rings. The summed E-state index contributed by atoms with van der Waals surface area (Å²) >= 11 is 0. The Bertz CT molecular complexity index is 395. The van der Waals surface area contributed by atoms with E-state index in [4.69, 9.17) is 4.74 Å². The van der Waals surface area contributed by atoms with Gasteiger partial charge in [0.25, 0.3) is 0 Å². The molecule has 0 N–H and O–H groups in total. The number of para-hydroxylation sites is 1. The van der Waals surface area contributed by atoms with Crippen molar-refractivity contribution < 1.29 is 4.74 Å². The lowest BCUT2D eigenvalue weighted by Crippen LogP contribution is -2.02. The second kappa shape index (κ2) is 3.96. The van der Waals surface area contributed by atoms with Crippen LogP contribution in [-0.4, -0.2) is 9.55 Å². The predicted molar refractivity (Wildman–Crippen MR) is 54.0 cm³/mol. The molecule has 72 valence electrons. The van der Waals surface area contributed by atoms with Crippen molar-refractivity contribution in [1.82, 2.24) is 9.55 Å². The molecule has 0 amide bonds. The maximum absolute atomic E-state index is 5.55. The highest BCUT2D eigenvalue weighted by Crippen LogP contribution is 2.10. The summed E-state index contributed by atoms with van der Waals surface area (Å²) in [5, 5.41) is 0. The molecule has 3 heteroatoms. The Morgan fingerprint density at radius 3 is 2.71 bits per heavy atom. The van der Waals surface area contributed by atoms with E-state index in [1.165, 1.54) is 0 Å². The average molecular weight is 188 g/mol. The normalized spacial score (nSPS) is 10.1. The van der Waals surface area contributed by atoms with Crippen molar-refractivity contribution in [2.45, 2.75) is 6.61 Å². The Hall–Kier alpha value is -1.77. The molecule has 14 heavy (non-hydrogen) atoms. The van der Waals surface area contributed by atoms with Crippen LogP contribution in [0, 0.1) is 0 Å². The Morgan fingerprint density at radius 1 is 1.29 bits per heavy atom. The quantitative estimate of drug-likeness (QED) is 0.736. The van der Waals surface area contributed by atoms with Crippen LogP contribution in [0.4, 0.5) is 0 Å². The number of rotatable bonds is 3. The average Bonchev–Trinajstić information content (AvgIpc) is 2.63. The number of imidazole rings is 1. The zero-order valence-corrected chi connectivity index (χ0v) is 8.05. The van der Waals surface area contributed by atoms with Gasteiger partial charge in [-0.3, -0.25) is 0 Å². The summed E-state index contributed by atoms with van der Waals surface area (Å²) in [4.78, 5) is 4.17. The van der Waals surface area contributed by atoms with Gasteiger partial charge >= 0.3 is 0 Å². The van der Waals surface area contributed by atoms with E-state index in [-0.39, 0.29) is 0 Å². The molecule has 2 rings (SSSR count). The third kappa shape index (κ3) is 1.93. The predicted octanol–water partition coefficient (Wildman–Crippen LogP) is 2.00. The van der Waals surface area contributed by atoms with Gasteiger partial charge in [0.15, 0.2) is 0 Å². The van der Waals surface area contributed by atoms with Gasteiger partial charge in [0.2, 0.25) is 0 Å². The van der Waals surface area contributed by atoms with E-state index in [1.807, 2.05) is 48.1 Å². The maximum atomic E-state index is 5.55. The zero-order chi connectivity index (χ0) is 9.80. The van der Waals surface area contributed by atoms with Gasteiger partial charge in [0, 0.05) is 19.4 Å². The van der Waals surface area contributed by atoms with Gasteiger partial charge in [-0.05, 0) is 12.1 Å². The minimum absolute atomic E-state index is 0.507. The number of benzene rings is 1. The summed E-state index contributed by atoms with van der Waals surface area (Å²) in [6.45, 7) is 0.507. The molecule has 0 radical (unpaired) electrons. The molecule has 3 nitrogen and oxygen atoms in total. The molecule has 0 spiro atoms. The van der Waals surface area contributed by atoms with Crippen LogP contribution in [0.3, 0.4) is 0 Å². The fourth-order valence-corrected chi connectivity index (χ4v) is 1.20. The molecule has 1 aromatic carbocycles. The van der Waals surface area contributed by atoms with Gasteiger partial charge < -0.3 is 9.30 Å². The maximum Gasteiger partial charge on any atom is 0.146 e. The van der Waals surface area contributed by atoms with Crippen molar-refractivity contribution in [3.63, 3.8) is 0 Å². The third-order valence-corrected chi connectivity index (χ3v) is 2.03. The first kappa shape index (κ1) is 8.81. The number of hydrogen-bond donors (Lipinski definition) is 0. The van der Waals surface area contributed by atoms with E-state index >= 15 is 0 Å². The van der Waals surface area contributed by atoms with E-state index in [0.29, 0.717) is 6.61 Å². The molecule has 0 saturated carbocycles. The molecule has 0 aliphatic carbocycles. The van der Waals surface area contributed by atoms with Crippen LogP contribution >= 0.6 is 0 Å². The van der Waals surface area contributed by atoms with Gasteiger partial charge in [-0.2, -0.15) is 0 Å². The summed E-state index contributed by atoms with van der Waals surface area (Å²) in [5.74, 6) is 1.80. The fourth-order valence-electron chi connectivity index (χ4n) is 1.20. The van der Waals surface area contributed by atoms with Gasteiger partial charge in [0.05, 0.1) is 0 Å². The molecular formula is C11H12N2O. The summed E-state index contributed by atoms with van der Waals surface area (Å²) < 4.78 is 7.50. The highest BCUT2D eigenvalue weighted by atomic mass is 16.5. The highest BCUT2D eigenvalue weighted by molar-refractivity contribution is 5.21. The van der Waals surface area contributed by atoms with E-state index in [0.717, 1.165) is 11.6 Å². The summed E-state index contributed by atoms with van der Waals surface area (Å²) in [6, 6.07) is 9.74. The van der Waals surface area contributed by atoms with Crippen LogP contribution in [0.5, 0.6) is 5.75 Å². The summed E-state index contributed by atoms with van der Waals surface area (Å²) in [5.41, 5.74) is 0. The second-order valence-electron chi connectivity index (χ2n) is 3.06. The number of aromatic nitrogens is 2. The van der Waals surface area contributed by atoms with Crippen molar-refractivity contribution in [2.75, 3.05) is 0 Å². The zero-order valence-electron chi connectivity index (χ0n) is 8.05. The lowest BCUT2D eigenvalue weighted by Gasteiger charge is -2.05. The monoisotopic (exact) mass is 188 g/mol. The topological polar surface area (TPSA) is 27.1 Å². The van der Waals surface area contributed by atoms with E-state index in [1.54, 1.807) is 6.20 Å². The van der Waals surface area contributed by atoms with Crippen LogP contribution in [0.2, 0.25) is 0 Å². The Balaban J connectivity index is 1.99. The van der Waals surface area contributed by atoms with Crippen molar-refractivity contribution in [1.29, 1.82) is 0 Å². The smallest absolute Gasteiger partial charge is 0.146 e. The van der Waals surface area contributed by atoms with Crippen LogP contribution in [0.15, 0.2) is 42.7 Å². The molecule has 0 saturated heterocycles. The molecule has 0 unspecified atom stereocenters. The van der Waals surface area contributed by atoms with Crippen molar-refractivity contribution in [2.24, 2.45) is 7.05 Å². The molecule has 0 atom stereocenters. The lowest BCUT2D eigenvalue weighted by molar-refractivity contribution is 0.292. The van der Waals surface area contributed by atoms with Crippen LogP contribution in [0.25, 0.3) is 0 Å². The Labute approximate surface area is 83.0 Å². The Kier molecular flexibility index (Phi) is 2.49. The van der Waals surface area contributed by atoms with Gasteiger partial charge in [-0.25, -0.2) is 4.98 Å². The lowest BCUT2D eigenvalue weighted by atomic mass is 10.3. The van der Waals surface area contributed by atoms with E-state index in [2.05, 4.69) is 4.98 Å². The first-order chi connectivity index (χ1) is 6.86. The van der Waals surface area contributed by atoms with Crippen molar-refractivity contribution in [3.8, 4) is 5.75 Å². The van der Waals surface area contributed by atoms with Crippen molar-refractivity contribution >= 4 is 0 Å². The van der Waals surface area contributed by atoms with Crippen LogP contribution in [-0.2, 0) is 13.7 Å². The third-order valence-electron chi connectivity index (χ3n) is 2.03. The minimum atomic E-state index is 0.507. The highest BCUT2D eigenvalue weighted by Gasteiger charge is 1.99. The van der Waals surface area contributed by atoms with Crippen LogP contribution < -0.4 is 4.74 Å².